The summed E-state index contributed by atoms with van der Waals surface area (Å²) in [7, 11) is 2.13. The maximum Gasteiger partial charge on any atom is 0.321 e. The van der Waals surface area contributed by atoms with Crippen molar-refractivity contribution in [1.82, 2.24) is 24.9 Å². The summed E-state index contributed by atoms with van der Waals surface area (Å²) in [6, 6.07) is 7.27. The lowest BCUT2D eigenvalue weighted by Gasteiger charge is -2.36. The van der Waals surface area contributed by atoms with Crippen molar-refractivity contribution in [2.75, 3.05) is 70.0 Å². The molecule has 10 heteroatoms. The lowest BCUT2D eigenvalue weighted by Crippen LogP contribution is -2.54. The Labute approximate surface area is 212 Å². The third kappa shape index (κ3) is 5.77. The Bertz CT molecular complexity index is 1090. The molecule has 3 aliphatic heterocycles. The molecule has 2 fully saturated rings. The average molecular weight is 490 g/mol. The second-order valence-electron chi connectivity index (χ2n) is 9.36. The van der Waals surface area contributed by atoms with Gasteiger partial charge in [-0.2, -0.15) is 0 Å². The maximum atomic E-state index is 12.9. The molecule has 0 aromatic heterocycles. The van der Waals surface area contributed by atoms with Gasteiger partial charge in [0, 0.05) is 81.5 Å². The van der Waals surface area contributed by atoms with E-state index in [4.69, 9.17) is 0 Å². The van der Waals surface area contributed by atoms with Crippen molar-refractivity contribution in [2.24, 2.45) is 4.99 Å². The van der Waals surface area contributed by atoms with E-state index in [0.717, 1.165) is 32.1 Å². The highest BCUT2D eigenvalue weighted by atomic mass is 16.2. The molecule has 1 aliphatic carbocycles. The van der Waals surface area contributed by atoms with E-state index in [2.05, 4.69) is 48.8 Å². The quantitative estimate of drug-likeness (QED) is 0.594. The fourth-order valence-corrected chi connectivity index (χ4v) is 4.69. The Morgan fingerprint density at radius 2 is 1.75 bits per heavy atom. The molecule has 0 bridgehead atoms. The van der Waals surface area contributed by atoms with Gasteiger partial charge in [-0.1, -0.05) is 24.3 Å². The number of nitrogens with zero attached hydrogens (tertiary/aromatic N) is 5. The molecule has 1 aromatic carbocycles. The van der Waals surface area contributed by atoms with Crippen LogP contribution in [-0.2, 0) is 4.79 Å². The van der Waals surface area contributed by atoms with E-state index in [1.165, 1.54) is 0 Å². The van der Waals surface area contributed by atoms with E-state index in [1.54, 1.807) is 17.5 Å². The van der Waals surface area contributed by atoms with Gasteiger partial charge in [-0.15, -0.1) is 0 Å². The first-order chi connectivity index (χ1) is 17.5. The summed E-state index contributed by atoms with van der Waals surface area (Å²) in [5, 5.41) is 9.06. The molecule has 0 saturated carbocycles. The van der Waals surface area contributed by atoms with Crippen LogP contribution in [0, 0.1) is 6.54 Å². The third-order valence-electron chi connectivity index (χ3n) is 6.87. The predicted octanol–water partition coefficient (Wildman–Crippen LogP) is 1.52. The number of urea groups is 1. The Morgan fingerprint density at radius 3 is 2.47 bits per heavy atom. The minimum absolute atomic E-state index is 0.145. The highest BCUT2D eigenvalue weighted by Crippen LogP contribution is 2.21. The van der Waals surface area contributed by atoms with Crippen LogP contribution in [-0.4, -0.2) is 103 Å². The van der Waals surface area contributed by atoms with Crippen molar-refractivity contribution < 1.29 is 9.59 Å². The number of nitrogens with one attached hydrogen (secondary N) is 3. The van der Waals surface area contributed by atoms with Gasteiger partial charge in [0.05, 0.1) is 6.54 Å². The number of amides is 3. The number of carbonyl (C=O) groups excluding carboxylic acids is 2. The summed E-state index contributed by atoms with van der Waals surface area (Å²) >= 11 is 0. The molecule has 2 saturated heterocycles. The van der Waals surface area contributed by atoms with Crippen LogP contribution in [0.2, 0.25) is 0 Å². The van der Waals surface area contributed by atoms with Gasteiger partial charge in [0.2, 0.25) is 0 Å². The molecule has 1 aromatic rings. The van der Waals surface area contributed by atoms with Crippen molar-refractivity contribution in [1.29, 1.82) is 0 Å². The van der Waals surface area contributed by atoms with Gasteiger partial charge in [-0.05, 0) is 31.3 Å². The number of carbonyl (C=O) groups is 2. The number of anilines is 2. The highest BCUT2D eigenvalue weighted by Gasteiger charge is 2.25. The van der Waals surface area contributed by atoms with E-state index in [9.17, 15) is 9.59 Å². The normalized spacial score (nSPS) is 22.6. The molecule has 189 valence electrons. The predicted molar refractivity (Wildman–Crippen MR) is 141 cm³/mol. The summed E-state index contributed by atoms with van der Waals surface area (Å²) in [5.74, 6) is 0.664. The number of piperazine rings is 2. The number of benzene rings is 1. The highest BCUT2D eigenvalue weighted by molar-refractivity contribution is 6.06. The molecule has 5 rings (SSSR count). The molecule has 1 unspecified atom stereocenters. The van der Waals surface area contributed by atoms with Gasteiger partial charge in [-0.25, -0.2) is 9.79 Å². The summed E-state index contributed by atoms with van der Waals surface area (Å²) in [5.41, 5.74) is 1.95. The van der Waals surface area contributed by atoms with Crippen LogP contribution in [0.1, 0.15) is 0 Å². The van der Waals surface area contributed by atoms with Crippen LogP contribution in [0.3, 0.4) is 0 Å². The van der Waals surface area contributed by atoms with Gasteiger partial charge < -0.3 is 30.7 Å². The van der Waals surface area contributed by atoms with E-state index < -0.39 is 0 Å². The Balaban J connectivity index is 1.12. The molecule has 10 nitrogen and oxygen atoms in total. The van der Waals surface area contributed by atoms with Gasteiger partial charge in [-0.3, -0.25) is 9.69 Å². The molecule has 1 atom stereocenters. The standard InChI is InChI=1S/C26H33N8O2/c1-31-10-12-32(13-11-31)23-7-6-20(18-23)24(35)29-21-4-2-5-22(19-21)30-26(36)34-16-14-33(15-17-34)25-27-8-3-9-28-25/h2-9,18-19,23H,10-17H2,1H3,(H,27,28)(H,29,35)(H,30,36). The fourth-order valence-electron chi connectivity index (χ4n) is 4.69. The van der Waals surface area contributed by atoms with Gasteiger partial charge in [0.15, 0.2) is 5.96 Å². The van der Waals surface area contributed by atoms with Crippen molar-refractivity contribution >= 4 is 29.3 Å². The number of aliphatic imine (C=N–C) groups is 1. The molecule has 1 radical (unpaired) electrons. The Morgan fingerprint density at radius 1 is 1.00 bits per heavy atom. The smallest absolute Gasteiger partial charge is 0.321 e. The number of hydrogen-bond acceptors (Lipinski definition) is 7. The minimum atomic E-state index is -0.153. The molecule has 3 amide bonds. The topological polar surface area (TPSA) is 95.5 Å². The van der Waals surface area contributed by atoms with E-state index in [1.807, 2.05) is 42.6 Å². The molecular weight excluding hydrogens is 456 g/mol. The zero-order valence-corrected chi connectivity index (χ0v) is 20.6. The van der Waals surface area contributed by atoms with Crippen molar-refractivity contribution in [3.8, 4) is 0 Å². The Kier molecular flexibility index (Phi) is 7.33. The first kappa shape index (κ1) is 24.1. The van der Waals surface area contributed by atoms with Crippen LogP contribution in [0.25, 0.3) is 0 Å². The summed E-state index contributed by atoms with van der Waals surface area (Å²) in [4.78, 5) is 38.6. The van der Waals surface area contributed by atoms with Crippen LogP contribution in [0.4, 0.5) is 16.2 Å². The van der Waals surface area contributed by atoms with Crippen LogP contribution < -0.4 is 16.0 Å². The van der Waals surface area contributed by atoms with E-state index >= 15 is 0 Å². The monoisotopic (exact) mass is 489 g/mol. The summed E-state index contributed by atoms with van der Waals surface area (Å²) in [6.07, 6.45) is 9.69. The second kappa shape index (κ2) is 11.0. The second-order valence-corrected chi connectivity index (χ2v) is 9.36. The van der Waals surface area contributed by atoms with Crippen LogP contribution in [0.5, 0.6) is 0 Å². The van der Waals surface area contributed by atoms with Crippen molar-refractivity contribution in [3.63, 3.8) is 0 Å². The number of likely N-dealkylation sites (N-methyl/N-ethyl adjacent to an activating group) is 1. The van der Waals surface area contributed by atoms with Crippen LogP contribution in [0.15, 0.2) is 65.3 Å². The fraction of sp³-hybridized carbons (Fsp3) is 0.385. The molecule has 3 heterocycles. The SMILES string of the molecule is CN1CCN(C2C=CC(C(=O)Nc3cccc(NC(=O)N4CCN(C5=N[CH]C=CN5)CC4)c3)=C2)CC1. The molecule has 3 N–H and O–H groups in total. The summed E-state index contributed by atoms with van der Waals surface area (Å²) < 4.78 is 0. The third-order valence-corrected chi connectivity index (χ3v) is 6.87. The number of hydrogen-bond donors (Lipinski definition) is 3. The van der Waals surface area contributed by atoms with Crippen molar-refractivity contribution in [2.45, 2.75) is 6.04 Å². The van der Waals surface area contributed by atoms with Gasteiger partial charge in [0.1, 0.15) is 0 Å². The first-order valence-electron chi connectivity index (χ1n) is 12.4. The molecular formula is C26H33N8O2. The summed E-state index contributed by atoms with van der Waals surface area (Å²) in [6.45, 7) is 8.42. The Hall–Kier alpha value is -3.63. The maximum absolute atomic E-state index is 12.9. The molecule has 36 heavy (non-hydrogen) atoms. The number of rotatable bonds is 4. The minimum Gasteiger partial charge on any atom is -0.339 e. The molecule has 0 spiro atoms. The number of guanidine groups is 1. The lowest BCUT2D eigenvalue weighted by atomic mass is 10.2. The van der Waals surface area contributed by atoms with E-state index in [-0.39, 0.29) is 18.0 Å². The average Bonchev–Trinajstić information content (AvgIpc) is 3.41. The van der Waals surface area contributed by atoms with E-state index in [0.29, 0.717) is 43.1 Å². The zero-order valence-electron chi connectivity index (χ0n) is 20.6. The zero-order chi connectivity index (χ0) is 24.9. The van der Waals surface area contributed by atoms with Gasteiger partial charge in [0.25, 0.3) is 5.91 Å². The van der Waals surface area contributed by atoms with Gasteiger partial charge >= 0.3 is 6.03 Å². The largest absolute Gasteiger partial charge is 0.339 e. The van der Waals surface area contributed by atoms with Crippen molar-refractivity contribution in [3.05, 3.63) is 66.9 Å². The lowest BCUT2D eigenvalue weighted by molar-refractivity contribution is -0.112. The molecule has 4 aliphatic rings. The first-order valence-corrected chi connectivity index (χ1v) is 12.4. The van der Waals surface area contributed by atoms with Crippen LogP contribution >= 0.6 is 0 Å².